The molecule has 2 aromatic rings. The van der Waals surface area contributed by atoms with Crippen molar-refractivity contribution in [2.24, 2.45) is 5.73 Å². The Balaban J connectivity index is 1.83. The molecule has 2 heterocycles. The van der Waals surface area contributed by atoms with E-state index in [9.17, 15) is 0 Å². The number of ether oxygens (including phenoxy) is 1. The molecule has 2 rings (SSSR count). The van der Waals surface area contributed by atoms with Gasteiger partial charge in [-0.05, 0) is 30.5 Å². The number of aromatic nitrogens is 1. The average Bonchev–Trinajstić information content (AvgIpc) is 2.83. The van der Waals surface area contributed by atoms with Gasteiger partial charge < -0.3 is 10.5 Å². The van der Waals surface area contributed by atoms with Crippen LogP contribution in [0.4, 0.5) is 0 Å². The molecule has 90 valence electrons. The maximum absolute atomic E-state index is 5.73. The van der Waals surface area contributed by atoms with Crippen LogP contribution in [0.5, 0.6) is 5.75 Å². The van der Waals surface area contributed by atoms with Gasteiger partial charge in [0.05, 0.1) is 18.5 Å². The van der Waals surface area contributed by atoms with Gasteiger partial charge >= 0.3 is 0 Å². The Morgan fingerprint density at radius 3 is 2.88 bits per heavy atom. The van der Waals surface area contributed by atoms with Crippen LogP contribution < -0.4 is 10.5 Å². The molecular weight excluding hydrogens is 232 g/mol. The lowest BCUT2D eigenvalue weighted by molar-refractivity contribution is 0.321. The van der Waals surface area contributed by atoms with Crippen molar-refractivity contribution in [3.05, 3.63) is 46.4 Å². The van der Waals surface area contributed by atoms with E-state index in [1.165, 1.54) is 4.88 Å². The topological polar surface area (TPSA) is 48.1 Å². The van der Waals surface area contributed by atoms with E-state index >= 15 is 0 Å². The van der Waals surface area contributed by atoms with Gasteiger partial charge in [-0.25, -0.2) is 0 Å². The first-order chi connectivity index (χ1) is 8.25. The fourth-order valence-electron chi connectivity index (χ4n) is 1.47. The molecule has 0 spiro atoms. The van der Waals surface area contributed by atoms with Crippen molar-refractivity contribution in [3.63, 3.8) is 0 Å². The molecule has 0 aromatic carbocycles. The van der Waals surface area contributed by atoms with Gasteiger partial charge in [0.25, 0.3) is 0 Å². The Bertz CT molecular complexity index is 437. The van der Waals surface area contributed by atoms with Crippen LogP contribution in [-0.2, 0) is 6.42 Å². The molecular formula is C13H16N2OS. The summed E-state index contributed by atoms with van der Waals surface area (Å²) in [6.07, 6.45) is 2.67. The van der Waals surface area contributed by atoms with E-state index in [0.29, 0.717) is 6.61 Å². The highest BCUT2D eigenvalue weighted by atomic mass is 32.1. The molecule has 0 radical (unpaired) electrons. The summed E-state index contributed by atoms with van der Waals surface area (Å²) in [4.78, 5) is 5.58. The molecule has 17 heavy (non-hydrogen) atoms. The van der Waals surface area contributed by atoms with E-state index in [4.69, 9.17) is 10.5 Å². The first kappa shape index (κ1) is 12.1. The van der Waals surface area contributed by atoms with Crippen molar-refractivity contribution in [1.29, 1.82) is 0 Å². The summed E-state index contributed by atoms with van der Waals surface area (Å²) < 4.78 is 5.62. The highest BCUT2D eigenvalue weighted by molar-refractivity contribution is 7.09. The standard InChI is InChI=1S/C13H16N2OS/c1-10(14)13-5-4-11(9-15-13)16-7-6-12-3-2-8-17-12/h2-5,8-10H,6-7,14H2,1H3/t10-/m1/s1. The van der Waals surface area contributed by atoms with E-state index in [-0.39, 0.29) is 6.04 Å². The van der Waals surface area contributed by atoms with E-state index in [0.717, 1.165) is 17.9 Å². The van der Waals surface area contributed by atoms with Crippen LogP contribution in [0.3, 0.4) is 0 Å². The minimum absolute atomic E-state index is 0.0323. The zero-order valence-corrected chi connectivity index (χ0v) is 10.6. The number of nitrogens with zero attached hydrogens (tertiary/aromatic N) is 1. The Morgan fingerprint density at radius 1 is 1.41 bits per heavy atom. The number of pyridine rings is 1. The third kappa shape index (κ3) is 3.54. The summed E-state index contributed by atoms with van der Waals surface area (Å²) in [5.74, 6) is 0.797. The molecule has 0 saturated heterocycles. The minimum Gasteiger partial charge on any atom is -0.492 e. The van der Waals surface area contributed by atoms with Crippen molar-refractivity contribution in [2.75, 3.05) is 6.61 Å². The smallest absolute Gasteiger partial charge is 0.137 e. The summed E-state index contributed by atoms with van der Waals surface area (Å²) in [7, 11) is 0. The monoisotopic (exact) mass is 248 g/mol. The molecule has 0 fully saturated rings. The van der Waals surface area contributed by atoms with Crippen LogP contribution in [0.25, 0.3) is 0 Å². The summed E-state index contributed by atoms with van der Waals surface area (Å²) in [6.45, 7) is 2.60. The molecule has 0 saturated carbocycles. The molecule has 2 aromatic heterocycles. The van der Waals surface area contributed by atoms with E-state index in [2.05, 4.69) is 22.5 Å². The Hall–Kier alpha value is -1.39. The van der Waals surface area contributed by atoms with Crippen LogP contribution >= 0.6 is 11.3 Å². The van der Waals surface area contributed by atoms with Gasteiger partial charge in [-0.15, -0.1) is 11.3 Å². The highest BCUT2D eigenvalue weighted by Crippen LogP contribution is 2.14. The third-order valence-electron chi connectivity index (χ3n) is 2.42. The van der Waals surface area contributed by atoms with Gasteiger partial charge in [0.2, 0.25) is 0 Å². The summed E-state index contributed by atoms with van der Waals surface area (Å²) in [5.41, 5.74) is 6.61. The van der Waals surface area contributed by atoms with E-state index in [1.807, 2.05) is 19.1 Å². The van der Waals surface area contributed by atoms with Gasteiger partial charge in [0.1, 0.15) is 5.75 Å². The van der Waals surface area contributed by atoms with Crippen molar-refractivity contribution in [3.8, 4) is 5.75 Å². The van der Waals surface area contributed by atoms with Gasteiger partial charge in [-0.3, -0.25) is 4.98 Å². The number of hydrogen-bond donors (Lipinski definition) is 1. The van der Waals surface area contributed by atoms with E-state index < -0.39 is 0 Å². The quantitative estimate of drug-likeness (QED) is 0.885. The van der Waals surface area contributed by atoms with Crippen molar-refractivity contribution < 1.29 is 4.74 Å². The molecule has 0 aliphatic carbocycles. The summed E-state index contributed by atoms with van der Waals surface area (Å²) >= 11 is 1.75. The first-order valence-electron chi connectivity index (χ1n) is 5.62. The molecule has 0 bridgehead atoms. The Kier molecular flexibility index (Phi) is 4.12. The maximum atomic E-state index is 5.73. The second-order valence-corrected chi connectivity index (χ2v) is 4.92. The highest BCUT2D eigenvalue weighted by Gasteiger charge is 2.01. The molecule has 4 heteroatoms. The normalized spacial score (nSPS) is 12.4. The Morgan fingerprint density at radius 2 is 2.29 bits per heavy atom. The van der Waals surface area contributed by atoms with Crippen molar-refractivity contribution in [1.82, 2.24) is 4.98 Å². The molecule has 0 aliphatic rings. The predicted molar refractivity (Wildman–Crippen MR) is 70.4 cm³/mol. The van der Waals surface area contributed by atoms with Crippen molar-refractivity contribution >= 4 is 11.3 Å². The zero-order chi connectivity index (χ0) is 12.1. The van der Waals surface area contributed by atoms with Crippen LogP contribution in [0.15, 0.2) is 35.8 Å². The predicted octanol–water partition coefficient (Wildman–Crippen LogP) is 2.78. The van der Waals surface area contributed by atoms with Gasteiger partial charge in [0.15, 0.2) is 0 Å². The fraction of sp³-hybridized carbons (Fsp3) is 0.308. The minimum atomic E-state index is -0.0323. The average molecular weight is 248 g/mol. The third-order valence-corrected chi connectivity index (χ3v) is 3.36. The van der Waals surface area contributed by atoms with Gasteiger partial charge in [-0.2, -0.15) is 0 Å². The lowest BCUT2D eigenvalue weighted by Gasteiger charge is -2.07. The zero-order valence-electron chi connectivity index (χ0n) is 9.80. The molecule has 0 amide bonds. The molecule has 2 N–H and O–H groups in total. The number of thiophene rings is 1. The summed E-state index contributed by atoms with van der Waals surface area (Å²) in [6, 6.07) is 7.96. The second-order valence-electron chi connectivity index (χ2n) is 3.89. The van der Waals surface area contributed by atoms with Crippen LogP contribution in [-0.4, -0.2) is 11.6 Å². The lowest BCUT2D eigenvalue weighted by atomic mass is 10.2. The van der Waals surface area contributed by atoms with E-state index in [1.54, 1.807) is 17.5 Å². The largest absolute Gasteiger partial charge is 0.492 e. The number of hydrogen-bond acceptors (Lipinski definition) is 4. The molecule has 0 unspecified atom stereocenters. The van der Waals surface area contributed by atoms with Gasteiger partial charge in [-0.1, -0.05) is 6.07 Å². The SMILES string of the molecule is C[C@@H](N)c1ccc(OCCc2cccs2)cn1. The maximum Gasteiger partial charge on any atom is 0.137 e. The van der Waals surface area contributed by atoms with Crippen molar-refractivity contribution in [2.45, 2.75) is 19.4 Å². The number of rotatable bonds is 5. The second kappa shape index (κ2) is 5.80. The first-order valence-corrected chi connectivity index (χ1v) is 6.50. The van der Waals surface area contributed by atoms with Crippen LogP contribution in [0.1, 0.15) is 23.5 Å². The number of nitrogens with two attached hydrogens (primary N) is 1. The van der Waals surface area contributed by atoms with Crippen LogP contribution in [0, 0.1) is 0 Å². The van der Waals surface area contributed by atoms with Gasteiger partial charge in [0, 0.05) is 17.3 Å². The van der Waals surface area contributed by atoms with Crippen LogP contribution in [0.2, 0.25) is 0 Å². The lowest BCUT2D eigenvalue weighted by Crippen LogP contribution is -2.07. The Labute approximate surface area is 105 Å². The molecule has 1 atom stereocenters. The fourth-order valence-corrected chi connectivity index (χ4v) is 2.16. The molecule has 3 nitrogen and oxygen atoms in total. The molecule has 0 aliphatic heterocycles. The summed E-state index contributed by atoms with van der Waals surface area (Å²) in [5, 5.41) is 2.08.